The van der Waals surface area contributed by atoms with Gasteiger partial charge in [-0.25, -0.2) is 4.79 Å². The maximum Gasteiger partial charge on any atom is 0.321 e. The number of hydrogen-bond acceptors (Lipinski definition) is 4. The van der Waals surface area contributed by atoms with Crippen LogP contribution in [0.1, 0.15) is 15.9 Å². The summed E-state index contributed by atoms with van der Waals surface area (Å²) >= 11 is 0. The average Bonchev–Trinajstić information content (AvgIpc) is 2.52. The highest BCUT2D eigenvalue weighted by atomic mass is 16.5. The summed E-state index contributed by atoms with van der Waals surface area (Å²) in [7, 11) is 4.94. The molecule has 23 heavy (non-hydrogen) atoms. The molecule has 1 aromatic carbocycles. The monoisotopic (exact) mass is 322 g/mol. The zero-order valence-electron chi connectivity index (χ0n) is 14.2. The Bertz CT molecular complexity index is 532. The SMILES string of the molecule is COCCNCCNC(=O)c1cc(C)ccc1NC(=O)N(C)C. The number of nitrogens with one attached hydrogen (secondary N) is 3. The lowest BCUT2D eigenvalue weighted by Crippen LogP contribution is -2.34. The van der Waals surface area contributed by atoms with Crippen molar-refractivity contribution in [1.29, 1.82) is 0 Å². The molecule has 0 spiro atoms. The van der Waals surface area contributed by atoms with E-state index in [9.17, 15) is 9.59 Å². The lowest BCUT2D eigenvalue weighted by Gasteiger charge is -2.15. The number of nitrogens with zero attached hydrogens (tertiary/aromatic N) is 1. The van der Waals surface area contributed by atoms with Crippen LogP contribution in [-0.4, -0.2) is 64.3 Å². The molecule has 0 aliphatic rings. The van der Waals surface area contributed by atoms with Gasteiger partial charge >= 0.3 is 6.03 Å². The largest absolute Gasteiger partial charge is 0.383 e. The number of carbonyl (C=O) groups excluding carboxylic acids is 2. The maximum atomic E-state index is 12.3. The van der Waals surface area contributed by atoms with Crippen LogP contribution >= 0.6 is 0 Å². The number of carbonyl (C=O) groups is 2. The minimum Gasteiger partial charge on any atom is -0.383 e. The second-order valence-electron chi connectivity index (χ2n) is 5.37. The molecule has 0 aliphatic carbocycles. The summed E-state index contributed by atoms with van der Waals surface area (Å²) in [5.74, 6) is -0.212. The molecule has 1 rings (SSSR count). The number of anilines is 1. The molecule has 0 unspecified atom stereocenters. The molecule has 0 aliphatic heterocycles. The van der Waals surface area contributed by atoms with Gasteiger partial charge in [-0.05, 0) is 19.1 Å². The maximum absolute atomic E-state index is 12.3. The fourth-order valence-corrected chi connectivity index (χ4v) is 1.84. The molecule has 0 atom stereocenters. The summed E-state index contributed by atoms with van der Waals surface area (Å²) in [6.07, 6.45) is 0. The Morgan fingerprint density at radius 1 is 1.17 bits per heavy atom. The van der Waals surface area contributed by atoms with Crippen LogP contribution < -0.4 is 16.0 Å². The molecular formula is C16H26N4O3. The fraction of sp³-hybridized carbons (Fsp3) is 0.500. The van der Waals surface area contributed by atoms with Crippen LogP contribution in [0.15, 0.2) is 18.2 Å². The topological polar surface area (TPSA) is 82.7 Å². The van der Waals surface area contributed by atoms with Crippen molar-refractivity contribution in [3.63, 3.8) is 0 Å². The van der Waals surface area contributed by atoms with E-state index < -0.39 is 0 Å². The number of ether oxygens (including phenoxy) is 1. The summed E-state index contributed by atoms with van der Waals surface area (Å²) in [5, 5.41) is 8.72. The van der Waals surface area contributed by atoms with E-state index in [0.29, 0.717) is 30.9 Å². The van der Waals surface area contributed by atoms with Gasteiger partial charge in [0.05, 0.1) is 17.9 Å². The molecule has 0 saturated heterocycles. The first kappa shape index (κ1) is 18.9. The van der Waals surface area contributed by atoms with Gasteiger partial charge in [0.1, 0.15) is 0 Å². The highest BCUT2D eigenvalue weighted by Gasteiger charge is 2.14. The summed E-state index contributed by atoms with van der Waals surface area (Å²) < 4.78 is 4.93. The molecule has 3 amide bonds. The van der Waals surface area contributed by atoms with Crippen molar-refractivity contribution < 1.29 is 14.3 Å². The Labute approximate surface area is 137 Å². The third-order valence-electron chi connectivity index (χ3n) is 3.14. The zero-order valence-corrected chi connectivity index (χ0v) is 14.2. The predicted molar refractivity (Wildman–Crippen MR) is 91.0 cm³/mol. The second kappa shape index (κ2) is 9.81. The van der Waals surface area contributed by atoms with E-state index in [1.165, 1.54) is 4.90 Å². The van der Waals surface area contributed by atoms with Crippen LogP contribution in [0.3, 0.4) is 0 Å². The first-order valence-corrected chi connectivity index (χ1v) is 7.52. The van der Waals surface area contributed by atoms with Crippen molar-refractivity contribution in [2.24, 2.45) is 0 Å². The Hall–Kier alpha value is -2.12. The summed E-state index contributed by atoms with van der Waals surface area (Å²) in [6, 6.07) is 5.08. The van der Waals surface area contributed by atoms with Gasteiger partial charge in [0.2, 0.25) is 0 Å². The normalized spacial score (nSPS) is 10.3. The minimum atomic E-state index is -0.274. The van der Waals surface area contributed by atoms with E-state index in [0.717, 1.165) is 12.1 Å². The number of amides is 3. The minimum absolute atomic E-state index is 0.212. The highest BCUT2D eigenvalue weighted by molar-refractivity contribution is 6.03. The van der Waals surface area contributed by atoms with Crippen molar-refractivity contribution in [2.75, 3.05) is 52.8 Å². The summed E-state index contributed by atoms with van der Waals surface area (Å²) in [4.78, 5) is 25.5. The van der Waals surface area contributed by atoms with Gasteiger partial charge in [-0.3, -0.25) is 4.79 Å². The van der Waals surface area contributed by atoms with Crippen LogP contribution in [0.25, 0.3) is 0 Å². The van der Waals surface area contributed by atoms with E-state index >= 15 is 0 Å². The Morgan fingerprint density at radius 3 is 2.57 bits per heavy atom. The van der Waals surface area contributed by atoms with Gasteiger partial charge in [-0.15, -0.1) is 0 Å². The molecule has 7 nitrogen and oxygen atoms in total. The molecule has 7 heteroatoms. The van der Waals surface area contributed by atoms with E-state index in [1.54, 1.807) is 33.3 Å². The average molecular weight is 322 g/mol. The van der Waals surface area contributed by atoms with Crippen molar-refractivity contribution in [3.8, 4) is 0 Å². The number of aryl methyl sites for hydroxylation is 1. The Balaban J connectivity index is 2.64. The Morgan fingerprint density at radius 2 is 1.91 bits per heavy atom. The van der Waals surface area contributed by atoms with Crippen molar-refractivity contribution in [1.82, 2.24) is 15.5 Å². The van der Waals surface area contributed by atoms with E-state index in [1.807, 2.05) is 13.0 Å². The molecule has 0 fully saturated rings. The molecule has 3 N–H and O–H groups in total. The van der Waals surface area contributed by atoms with Crippen LogP contribution in [0.2, 0.25) is 0 Å². The van der Waals surface area contributed by atoms with Gasteiger partial charge in [-0.2, -0.15) is 0 Å². The molecule has 0 saturated carbocycles. The van der Waals surface area contributed by atoms with Gasteiger partial charge in [0.15, 0.2) is 0 Å². The third kappa shape index (κ3) is 6.66. The van der Waals surface area contributed by atoms with Crippen molar-refractivity contribution in [2.45, 2.75) is 6.92 Å². The van der Waals surface area contributed by atoms with Crippen LogP contribution in [0.5, 0.6) is 0 Å². The first-order valence-electron chi connectivity index (χ1n) is 7.52. The van der Waals surface area contributed by atoms with E-state index in [2.05, 4.69) is 16.0 Å². The van der Waals surface area contributed by atoms with Crippen LogP contribution in [-0.2, 0) is 4.74 Å². The smallest absolute Gasteiger partial charge is 0.321 e. The van der Waals surface area contributed by atoms with Gasteiger partial charge in [0.25, 0.3) is 5.91 Å². The van der Waals surface area contributed by atoms with Crippen LogP contribution in [0, 0.1) is 6.92 Å². The number of methoxy groups -OCH3 is 1. The highest BCUT2D eigenvalue weighted by Crippen LogP contribution is 2.17. The lowest BCUT2D eigenvalue weighted by molar-refractivity contribution is 0.0954. The molecule has 0 bridgehead atoms. The van der Waals surface area contributed by atoms with Gasteiger partial charge < -0.3 is 25.6 Å². The van der Waals surface area contributed by atoms with Gasteiger partial charge in [0, 0.05) is 40.8 Å². The quantitative estimate of drug-likeness (QED) is 0.625. The van der Waals surface area contributed by atoms with Crippen molar-refractivity contribution in [3.05, 3.63) is 29.3 Å². The molecular weight excluding hydrogens is 296 g/mol. The fourth-order valence-electron chi connectivity index (χ4n) is 1.84. The molecule has 128 valence electrons. The number of benzene rings is 1. The molecule has 1 aromatic rings. The van der Waals surface area contributed by atoms with Crippen LogP contribution in [0.4, 0.5) is 10.5 Å². The van der Waals surface area contributed by atoms with E-state index in [-0.39, 0.29) is 11.9 Å². The number of hydrogen-bond donors (Lipinski definition) is 3. The second-order valence-corrected chi connectivity index (χ2v) is 5.37. The first-order chi connectivity index (χ1) is 11.0. The van der Waals surface area contributed by atoms with E-state index in [4.69, 9.17) is 4.74 Å². The standard InChI is InChI=1S/C16H26N4O3/c1-12-5-6-14(19-16(22)20(2)3)13(11-12)15(21)18-8-7-17-9-10-23-4/h5-6,11,17H,7-10H2,1-4H3,(H,18,21)(H,19,22). The molecule has 0 aromatic heterocycles. The lowest BCUT2D eigenvalue weighted by atomic mass is 10.1. The third-order valence-corrected chi connectivity index (χ3v) is 3.14. The van der Waals surface area contributed by atoms with Crippen molar-refractivity contribution >= 4 is 17.6 Å². The summed E-state index contributed by atoms with van der Waals surface area (Å²) in [5.41, 5.74) is 1.91. The number of urea groups is 1. The molecule has 0 heterocycles. The van der Waals surface area contributed by atoms with Gasteiger partial charge in [-0.1, -0.05) is 11.6 Å². The Kier molecular flexibility index (Phi) is 8.07. The number of rotatable bonds is 8. The molecule has 0 radical (unpaired) electrons. The summed E-state index contributed by atoms with van der Waals surface area (Å²) in [6.45, 7) is 4.42. The predicted octanol–water partition coefficient (Wildman–Crippen LogP) is 1.05. The zero-order chi connectivity index (χ0) is 17.2.